The minimum Gasteiger partial charge on any atom is -0.512 e. The Kier molecular flexibility index (Phi) is 81.3. The standard InChI is InChI=1S/C23H29Cl3N4O5S.C21H34Cl2N4O5S.C17H27Cl2N3O4S.C10H14Cl2N2O2S.C7H4Cl2O2.C7H13NO3.C4H7NO.C2H4O2.CN.B.Na/c1-16(2)29-22(31)30(14-12-27-23(32)35-20-8-4-3-7-18(20)25)13-6-5-11-28-36(33,34)21-10-9-17(24)15-19(21)26;1-15(2)26-19(28)27(13-11-24-20(29)32-21(3,4)5)12-7-6-10-25-33(30,31)18-9-8-16(22)14-17(18)23;1-17(2,3)26-16(23)21-11-10-20-8-4-5-9-22-27(24,25)15-7-6-13(18)12-14(15)19;11-8-3-4-10(9(12)7-8)17(15,16)14-6-2-1-5-13;8-5-3-1-2-4-6(5)11-7(9)10;1-7(2,3)11-6(10)8-4-5-9;1-4(2)5-3-6;1-2(3)4;1-2;;/h3-4,7-10,15-16,28H,5-6,11-14H2,1-2H3,(H,27,32)(H,29,31);8-9,14-15,25H,6-7,10-13H2,1-5H3,(H,24,29)(H,26,28);6-7,12,20,22H,4-5,8-11H2,1-3H3,(H,21,23);3-4,7,14H,1-2,5-6,13H2;1-4H;5H,4H2,1-3H3,(H,8,10);4H,1-2H3;1H3,(H,3,4);;;/q;;;;;;;;-1;;+1. The van der Waals surface area contributed by atoms with Gasteiger partial charge in [-0.1, -0.05) is 140 Å². The number of benzene rings is 6. The number of para-hydroxylation sites is 2. The summed E-state index contributed by atoms with van der Waals surface area (Å²) in [5.41, 5.74) is 2.80. The van der Waals surface area contributed by atoms with E-state index >= 15 is 0 Å². The first kappa shape index (κ1) is 150. The van der Waals surface area contributed by atoms with Gasteiger partial charge in [-0.3, -0.25) is 4.79 Å². The van der Waals surface area contributed by atoms with Crippen molar-refractivity contribution in [1.29, 1.82) is 5.26 Å². The molecule has 829 valence electrons. The normalized spacial score (nSPS) is 10.8. The zero-order valence-electron chi connectivity index (χ0n) is 85.7. The molecule has 0 saturated heterocycles. The monoisotopic (exact) mass is 2390 g/mol. The van der Waals surface area contributed by atoms with Gasteiger partial charge in [0.2, 0.25) is 46.2 Å². The molecule has 0 aliphatic rings. The molecule has 0 saturated carbocycles. The fourth-order valence-electron chi connectivity index (χ4n) is 10.1. The number of isocyanates is 1. The Balaban J connectivity index is -0.000000565. The molecular weight excluding hydrogens is 2270 g/mol. The topological polar surface area (TPSA) is 575 Å². The number of amides is 8. The van der Waals surface area contributed by atoms with Crippen molar-refractivity contribution in [2.45, 2.75) is 217 Å². The molecular formula is C92H132BCl11N16NaO24S4. The average Bonchev–Trinajstić information content (AvgIpc) is 0.832. The van der Waals surface area contributed by atoms with E-state index < -0.39 is 92.7 Å². The number of ether oxygens (including phenoxy) is 5. The Morgan fingerprint density at radius 2 is 0.718 bits per heavy atom. The van der Waals surface area contributed by atoms with Crippen molar-refractivity contribution in [2.24, 2.45) is 10.7 Å². The van der Waals surface area contributed by atoms with Gasteiger partial charge in [-0.05, 0) is 265 Å². The van der Waals surface area contributed by atoms with Gasteiger partial charge in [0.15, 0.2) is 11.5 Å². The van der Waals surface area contributed by atoms with Gasteiger partial charge in [0, 0.05) is 138 Å². The number of hydrogen-bond donors (Lipinski definition) is 13. The van der Waals surface area contributed by atoms with Crippen LogP contribution < -0.4 is 101 Å². The van der Waals surface area contributed by atoms with E-state index in [1.165, 1.54) is 78.9 Å². The van der Waals surface area contributed by atoms with Crippen molar-refractivity contribution in [2.75, 3.05) is 98.2 Å². The number of carbonyl (C=O) groups excluding carboxylic acids is 9. The number of sulfonamides is 4. The first-order valence-corrected chi connectivity index (χ1v) is 54.9. The van der Waals surface area contributed by atoms with Crippen LogP contribution in [-0.2, 0) is 68.7 Å². The number of nitrogens with two attached hydrogens (primary N) is 1. The summed E-state index contributed by atoms with van der Waals surface area (Å²) in [5, 5.41) is 35.0. The smallest absolute Gasteiger partial charge is 0.512 e. The van der Waals surface area contributed by atoms with Crippen LogP contribution in [-0.4, -0.2) is 250 Å². The summed E-state index contributed by atoms with van der Waals surface area (Å²) in [6.07, 6.45) is 4.74. The number of aliphatic imine (C=N–C) groups is 1. The Hall–Kier alpha value is -7.77. The van der Waals surface area contributed by atoms with Crippen LogP contribution in [0.3, 0.4) is 0 Å². The van der Waals surface area contributed by atoms with E-state index in [1.807, 2.05) is 41.5 Å². The number of halogens is 11. The number of rotatable bonds is 43. The van der Waals surface area contributed by atoms with Crippen LogP contribution in [0.15, 0.2) is 146 Å². The fraction of sp³-hybridized carbons (Fsp3) is 0.489. The molecule has 6 rings (SSSR count). The molecule has 0 unspecified atom stereocenters. The van der Waals surface area contributed by atoms with Crippen LogP contribution >= 0.6 is 128 Å². The van der Waals surface area contributed by atoms with E-state index in [0.717, 1.165) is 19.8 Å². The van der Waals surface area contributed by atoms with Gasteiger partial charge in [-0.15, -0.1) is 0 Å². The molecule has 0 heterocycles. The second kappa shape index (κ2) is 81.0. The van der Waals surface area contributed by atoms with E-state index in [9.17, 15) is 76.8 Å². The largest absolute Gasteiger partial charge is 1.00 e. The molecule has 0 atom stereocenters. The molecule has 6 aromatic rings. The Morgan fingerprint density at radius 3 is 0.993 bits per heavy atom. The number of unbranched alkanes of at least 4 members (excludes halogenated alkanes) is 4. The third-order valence-electron chi connectivity index (χ3n) is 16.2. The van der Waals surface area contributed by atoms with E-state index in [0.29, 0.717) is 127 Å². The number of carboxylic acid groups (broad SMARTS) is 1. The molecule has 149 heavy (non-hydrogen) atoms. The number of carbonyl (C=O) groups is 9. The summed E-state index contributed by atoms with van der Waals surface area (Å²) >= 11 is 63.4. The fourth-order valence-corrected chi connectivity index (χ4v) is 17.9. The molecule has 0 spiro atoms. The summed E-state index contributed by atoms with van der Waals surface area (Å²) in [6.45, 7) is 37.8. The number of alkyl carbamates (subject to hydrolysis) is 3. The van der Waals surface area contributed by atoms with Crippen molar-refractivity contribution < 1.29 is 140 Å². The van der Waals surface area contributed by atoms with Crippen molar-refractivity contribution in [3.8, 4) is 11.5 Å². The van der Waals surface area contributed by atoms with E-state index in [1.54, 1.807) is 121 Å². The number of nitrogens with zero attached hydrogens (tertiary/aromatic N) is 4. The number of urea groups is 2. The Morgan fingerprint density at radius 1 is 0.430 bits per heavy atom. The molecule has 0 bridgehead atoms. The predicted molar refractivity (Wildman–Crippen MR) is 581 cm³/mol. The molecule has 40 nitrogen and oxygen atoms in total. The van der Waals surface area contributed by atoms with Crippen LogP contribution in [0, 0.1) is 11.8 Å². The third-order valence-corrected chi connectivity index (χ3v) is 25.6. The van der Waals surface area contributed by atoms with Crippen molar-refractivity contribution >= 4 is 236 Å². The minimum atomic E-state index is -3.80. The van der Waals surface area contributed by atoms with Crippen molar-refractivity contribution in [3.05, 3.63) is 178 Å². The predicted octanol–water partition coefficient (Wildman–Crippen LogP) is 15.4. The number of hydrogen-bond acceptors (Lipinski definition) is 27. The number of carboxylic acids is 1. The first-order valence-electron chi connectivity index (χ1n) is 44.8. The molecule has 8 amide bonds. The Labute approximate surface area is 953 Å². The molecule has 0 aromatic heterocycles. The maximum atomic E-state index is 12.6. The second-order valence-electron chi connectivity index (χ2n) is 33.7. The summed E-state index contributed by atoms with van der Waals surface area (Å²) in [6, 6.07) is 29.5. The van der Waals surface area contributed by atoms with Gasteiger partial charge in [0.05, 0.1) is 42.7 Å². The van der Waals surface area contributed by atoms with Gasteiger partial charge in [-0.25, -0.2) is 95.9 Å². The van der Waals surface area contributed by atoms with E-state index in [-0.39, 0.29) is 165 Å². The first-order chi connectivity index (χ1) is 68.3. The third kappa shape index (κ3) is 77.3. The van der Waals surface area contributed by atoms with Gasteiger partial charge < -0.3 is 98.2 Å². The molecule has 14 N–H and O–H groups in total. The second-order valence-corrected chi connectivity index (χ2v) is 45.1. The molecule has 0 aliphatic heterocycles. The number of aldehydes is 1. The van der Waals surface area contributed by atoms with Crippen molar-refractivity contribution in [1.82, 2.24) is 65.9 Å². The van der Waals surface area contributed by atoms with Gasteiger partial charge >= 0.3 is 71.4 Å². The minimum absolute atomic E-state index is 0. The van der Waals surface area contributed by atoms with Crippen LogP contribution in [0.2, 0.25) is 50.2 Å². The van der Waals surface area contributed by atoms with Crippen LogP contribution in [0.5, 0.6) is 11.5 Å². The molecule has 3 radical (unpaired) electrons. The molecule has 57 heteroatoms. The van der Waals surface area contributed by atoms with Gasteiger partial charge in [0.1, 0.15) is 42.7 Å². The molecule has 0 fully saturated rings. The zero-order valence-corrected chi connectivity index (χ0v) is 99.3. The van der Waals surface area contributed by atoms with E-state index in [4.69, 9.17) is 174 Å². The van der Waals surface area contributed by atoms with Crippen LogP contribution in [0.4, 0.5) is 33.6 Å². The zero-order chi connectivity index (χ0) is 113. The Bertz CT molecular complexity index is 5610. The van der Waals surface area contributed by atoms with Gasteiger partial charge in [-0.2, -0.15) is 0 Å². The van der Waals surface area contributed by atoms with E-state index in [2.05, 4.69) is 65.8 Å². The number of nitrogens with one attached hydrogen (secondary N) is 11. The quantitative estimate of drug-likeness (QED) is 0.00247. The number of aliphatic carboxylic acids is 1. The van der Waals surface area contributed by atoms with Crippen LogP contribution in [0.25, 0.3) is 0 Å². The summed E-state index contributed by atoms with van der Waals surface area (Å²) in [7, 11) is -14.8. The average molecular weight is 2400 g/mol. The summed E-state index contributed by atoms with van der Waals surface area (Å²) < 4.78 is 133. The van der Waals surface area contributed by atoms with Gasteiger partial charge in [0.25, 0.3) is 5.97 Å². The molecule has 6 aromatic carbocycles. The maximum absolute atomic E-state index is 12.6. The summed E-state index contributed by atoms with van der Waals surface area (Å²) in [5.74, 6) is -0.331. The SMILES string of the molecule is CC(=O)O.CC(C)(C)OC(=O)NCC=O.CC(C)(C)OC(=O)NCCNCCCCNS(=O)(=O)c1ccc(Cl)cc1Cl.CC(C)N=C=O.CC(C)NC(=O)N(CCCCNS(=O)(=O)c1ccc(Cl)cc1Cl)CCNC(=O)OC(C)(C)C.CC(C)NC(=O)N(CCCCNS(=O)(=O)c1ccc(Cl)cc1Cl)CCNC(=O)Oc1ccccc1Cl.NCCCCNS(=O)(=O)c1ccc(Cl)cc1Cl.O=C(Cl)Oc1ccccc1Cl.[B].[C-]#N.[Na+]. The van der Waals surface area contributed by atoms with Crippen LogP contribution in [0.1, 0.15) is 162 Å². The van der Waals surface area contributed by atoms with Crippen molar-refractivity contribution in [3.63, 3.8) is 0 Å². The molecule has 0 aliphatic carbocycles. The maximum Gasteiger partial charge on any atom is 1.00 e. The summed E-state index contributed by atoms with van der Waals surface area (Å²) in [4.78, 5) is 116.